The molecule has 0 aliphatic carbocycles. The number of carboxylic acid groups (broad SMARTS) is 1. The van der Waals surface area contributed by atoms with Crippen LogP contribution in [0, 0.1) is 11.7 Å². The first-order valence-corrected chi connectivity index (χ1v) is 6.34. The number of hydrogen-bond acceptors (Lipinski definition) is 2. The number of amides is 1. The molecule has 1 amide bonds. The standard InChI is InChI=1S/C13H13ClFNO3/c14-11-9(4-1-5-10(11)15)12(17)16-6-2-3-8(7-16)13(18)19/h1,4-5,8H,2-3,6-7H2,(H,18,19). The zero-order valence-corrected chi connectivity index (χ0v) is 10.9. The van der Waals surface area contributed by atoms with Gasteiger partial charge in [-0.15, -0.1) is 0 Å². The van der Waals surface area contributed by atoms with Crippen molar-refractivity contribution >= 4 is 23.5 Å². The molecule has 1 atom stereocenters. The van der Waals surface area contributed by atoms with E-state index in [-0.39, 0.29) is 17.1 Å². The Kier molecular flexibility index (Phi) is 4.04. The van der Waals surface area contributed by atoms with Gasteiger partial charge in [-0.2, -0.15) is 0 Å². The molecule has 1 heterocycles. The van der Waals surface area contributed by atoms with Crippen molar-refractivity contribution in [3.8, 4) is 0 Å². The minimum Gasteiger partial charge on any atom is -0.481 e. The summed E-state index contributed by atoms with van der Waals surface area (Å²) >= 11 is 5.77. The Morgan fingerprint density at radius 1 is 1.42 bits per heavy atom. The predicted molar refractivity (Wildman–Crippen MR) is 67.7 cm³/mol. The maximum Gasteiger partial charge on any atom is 0.308 e. The van der Waals surface area contributed by atoms with Gasteiger partial charge in [-0.25, -0.2) is 4.39 Å². The van der Waals surface area contributed by atoms with Gasteiger partial charge < -0.3 is 10.0 Å². The van der Waals surface area contributed by atoms with Gasteiger partial charge in [0.15, 0.2) is 0 Å². The third kappa shape index (κ3) is 2.87. The summed E-state index contributed by atoms with van der Waals surface area (Å²) < 4.78 is 13.3. The van der Waals surface area contributed by atoms with E-state index in [0.717, 1.165) is 0 Å². The van der Waals surface area contributed by atoms with E-state index in [1.165, 1.54) is 23.1 Å². The van der Waals surface area contributed by atoms with Gasteiger partial charge in [0.05, 0.1) is 16.5 Å². The second-order valence-electron chi connectivity index (χ2n) is 4.53. The molecule has 1 N–H and O–H groups in total. The fraction of sp³-hybridized carbons (Fsp3) is 0.385. The Hall–Kier alpha value is -1.62. The molecule has 4 nitrogen and oxygen atoms in total. The molecule has 0 saturated carbocycles. The Balaban J connectivity index is 2.19. The van der Waals surface area contributed by atoms with Crippen LogP contribution in [0.1, 0.15) is 23.2 Å². The Morgan fingerprint density at radius 2 is 2.16 bits per heavy atom. The number of likely N-dealkylation sites (tertiary alicyclic amines) is 1. The Labute approximate surface area is 114 Å². The van der Waals surface area contributed by atoms with Gasteiger partial charge >= 0.3 is 5.97 Å². The first-order chi connectivity index (χ1) is 9.00. The summed E-state index contributed by atoms with van der Waals surface area (Å²) in [5.74, 6) is -2.55. The third-order valence-electron chi connectivity index (χ3n) is 3.24. The first-order valence-electron chi connectivity index (χ1n) is 5.97. The molecule has 102 valence electrons. The van der Waals surface area contributed by atoms with Gasteiger partial charge in [-0.3, -0.25) is 9.59 Å². The molecule has 1 aromatic rings. The molecule has 1 aromatic carbocycles. The smallest absolute Gasteiger partial charge is 0.308 e. The maximum atomic E-state index is 13.3. The van der Waals surface area contributed by atoms with E-state index in [4.69, 9.17) is 16.7 Å². The van der Waals surface area contributed by atoms with Crippen molar-refractivity contribution in [3.05, 3.63) is 34.6 Å². The minimum absolute atomic E-state index is 0.0766. The number of carboxylic acids is 1. The number of nitrogens with zero attached hydrogens (tertiary/aromatic N) is 1. The number of halogens is 2. The van der Waals surface area contributed by atoms with E-state index in [2.05, 4.69) is 0 Å². The van der Waals surface area contributed by atoms with Crippen LogP contribution < -0.4 is 0 Å². The fourth-order valence-corrected chi connectivity index (χ4v) is 2.41. The summed E-state index contributed by atoms with van der Waals surface area (Å²) in [5.41, 5.74) is 0.0766. The number of rotatable bonds is 2. The monoisotopic (exact) mass is 285 g/mol. The quantitative estimate of drug-likeness (QED) is 0.908. The van der Waals surface area contributed by atoms with Crippen molar-refractivity contribution in [2.45, 2.75) is 12.8 Å². The highest BCUT2D eigenvalue weighted by Crippen LogP contribution is 2.24. The summed E-state index contributed by atoms with van der Waals surface area (Å²) in [6.45, 7) is 0.608. The summed E-state index contributed by atoms with van der Waals surface area (Å²) in [4.78, 5) is 24.6. The van der Waals surface area contributed by atoms with Gasteiger partial charge in [-0.1, -0.05) is 17.7 Å². The summed E-state index contributed by atoms with van der Waals surface area (Å²) in [5, 5.41) is 8.77. The van der Waals surface area contributed by atoms with Crippen LogP contribution in [0.15, 0.2) is 18.2 Å². The molecule has 1 unspecified atom stereocenters. The molecular formula is C13H13ClFNO3. The maximum absolute atomic E-state index is 13.3. The molecule has 1 saturated heterocycles. The lowest BCUT2D eigenvalue weighted by Crippen LogP contribution is -2.42. The number of hydrogen-bond donors (Lipinski definition) is 1. The minimum atomic E-state index is -0.914. The molecule has 6 heteroatoms. The van der Waals surface area contributed by atoms with Crippen LogP contribution in [0.25, 0.3) is 0 Å². The van der Waals surface area contributed by atoms with E-state index in [9.17, 15) is 14.0 Å². The molecule has 19 heavy (non-hydrogen) atoms. The van der Waals surface area contributed by atoms with E-state index >= 15 is 0 Å². The Bertz CT molecular complexity index is 521. The van der Waals surface area contributed by atoms with Crippen molar-refractivity contribution in [2.24, 2.45) is 5.92 Å². The van der Waals surface area contributed by atoms with E-state index in [0.29, 0.717) is 19.4 Å². The molecule has 1 aliphatic heterocycles. The highest BCUT2D eigenvalue weighted by molar-refractivity contribution is 6.34. The molecule has 0 spiro atoms. The van der Waals surface area contributed by atoms with Gasteiger partial charge in [0.1, 0.15) is 5.82 Å². The van der Waals surface area contributed by atoms with Crippen LogP contribution in [0.5, 0.6) is 0 Å². The summed E-state index contributed by atoms with van der Waals surface area (Å²) in [7, 11) is 0. The van der Waals surface area contributed by atoms with Crippen LogP contribution in [-0.4, -0.2) is 35.0 Å². The van der Waals surface area contributed by atoms with Gasteiger partial charge in [0, 0.05) is 13.1 Å². The lowest BCUT2D eigenvalue weighted by Gasteiger charge is -2.31. The second kappa shape index (κ2) is 5.57. The van der Waals surface area contributed by atoms with Crippen molar-refractivity contribution in [1.29, 1.82) is 0 Å². The zero-order chi connectivity index (χ0) is 14.0. The second-order valence-corrected chi connectivity index (χ2v) is 4.91. The van der Waals surface area contributed by atoms with Crippen molar-refractivity contribution in [3.63, 3.8) is 0 Å². The highest BCUT2D eigenvalue weighted by Gasteiger charge is 2.29. The van der Waals surface area contributed by atoms with Crippen molar-refractivity contribution < 1.29 is 19.1 Å². The lowest BCUT2D eigenvalue weighted by atomic mass is 9.97. The van der Waals surface area contributed by atoms with Crippen LogP contribution in [0.2, 0.25) is 5.02 Å². The summed E-state index contributed by atoms with van der Waals surface area (Å²) in [6, 6.07) is 4.03. The molecule has 2 rings (SSSR count). The largest absolute Gasteiger partial charge is 0.481 e. The number of carbonyl (C=O) groups excluding carboxylic acids is 1. The molecule has 1 aliphatic rings. The van der Waals surface area contributed by atoms with E-state index < -0.39 is 23.6 Å². The molecule has 0 aromatic heterocycles. The summed E-state index contributed by atoms with van der Waals surface area (Å²) in [6.07, 6.45) is 1.17. The number of piperidine rings is 1. The highest BCUT2D eigenvalue weighted by atomic mass is 35.5. The normalized spacial score (nSPS) is 19.3. The van der Waals surface area contributed by atoms with Crippen molar-refractivity contribution in [1.82, 2.24) is 4.90 Å². The van der Waals surface area contributed by atoms with Crippen LogP contribution in [0.4, 0.5) is 4.39 Å². The number of benzene rings is 1. The van der Waals surface area contributed by atoms with Gasteiger partial charge in [-0.05, 0) is 25.0 Å². The van der Waals surface area contributed by atoms with Crippen LogP contribution in [-0.2, 0) is 4.79 Å². The lowest BCUT2D eigenvalue weighted by molar-refractivity contribution is -0.143. The molecule has 1 fully saturated rings. The predicted octanol–water partition coefficient (Wildman–Crippen LogP) is 2.42. The van der Waals surface area contributed by atoms with E-state index in [1.54, 1.807) is 0 Å². The zero-order valence-electron chi connectivity index (χ0n) is 10.1. The van der Waals surface area contributed by atoms with Crippen LogP contribution >= 0.6 is 11.6 Å². The van der Waals surface area contributed by atoms with E-state index in [1.807, 2.05) is 0 Å². The Morgan fingerprint density at radius 3 is 2.84 bits per heavy atom. The van der Waals surface area contributed by atoms with Gasteiger partial charge in [0.25, 0.3) is 5.91 Å². The van der Waals surface area contributed by atoms with Crippen molar-refractivity contribution in [2.75, 3.05) is 13.1 Å². The SMILES string of the molecule is O=C(O)C1CCCN(C(=O)c2cccc(F)c2Cl)C1. The third-order valence-corrected chi connectivity index (χ3v) is 3.62. The average molecular weight is 286 g/mol. The number of carbonyl (C=O) groups is 2. The van der Waals surface area contributed by atoms with Gasteiger partial charge in [0.2, 0.25) is 0 Å². The topological polar surface area (TPSA) is 57.6 Å². The number of aliphatic carboxylic acids is 1. The molecule has 0 bridgehead atoms. The first kappa shape index (κ1) is 13.8. The fourth-order valence-electron chi connectivity index (χ4n) is 2.20. The average Bonchev–Trinajstić information content (AvgIpc) is 2.41. The molecule has 0 radical (unpaired) electrons. The molecular weight excluding hydrogens is 273 g/mol. The van der Waals surface area contributed by atoms with Crippen LogP contribution in [0.3, 0.4) is 0 Å².